The Morgan fingerprint density at radius 2 is 2.10 bits per heavy atom. The van der Waals surface area contributed by atoms with E-state index in [-0.39, 0.29) is 0 Å². The van der Waals surface area contributed by atoms with E-state index in [0.717, 1.165) is 16.9 Å². The van der Waals surface area contributed by atoms with Gasteiger partial charge in [-0.1, -0.05) is 12.1 Å². The van der Waals surface area contributed by atoms with Gasteiger partial charge in [-0.25, -0.2) is 4.98 Å². The second kappa shape index (κ2) is 7.09. The molecule has 1 N–H and O–H groups in total. The highest BCUT2D eigenvalue weighted by atomic mass is 16.5. The number of benzene rings is 1. The number of methoxy groups -OCH3 is 1. The molecule has 0 aliphatic carbocycles. The van der Waals surface area contributed by atoms with Crippen LogP contribution in [0.1, 0.15) is 29.7 Å². The van der Waals surface area contributed by atoms with Gasteiger partial charge in [-0.3, -0.25) is 0 Å². The van der Waals surface area contributed by atoms with Crippen molar-refractivity contribution >= 4 is 0 Å². The molecule has 0 saturated heterocycles. The van der Waals surface area contributed by atoms with Crippen molar-refractivity contribution in [1.29, 1.82) is 0 Å². The summed E-state index contributed by atoms with van der Waals surface area (Å²) in [5.41, 5.74) is 3.31. The van der Waals surface area contributed by atoms with Gasteiger partial charge in [0.25, 0.3) is 0 Å². The summed E-state index contributed by atoms with van der Waals surface area (Å²) in [5.74, 6) is 1.49. The maximum atomic E-state index is 5.89. The second-order valence-corrected chi connectivity index (χ2v) is 5.00. The van der Waals surface area contributed by atoms with Crippen LogP contribution in [0.25, 0.3) is 0 Å². The van der Waals surface area contributed by atoms with Gasteiger partial charge in [0, 0.05) is 12.2 Å². The maximum absolute atomic E-state index is 5.89. The molecule has 1 atom stereocenters. The Labute approximate surface area is 126 Å². The molecule has 2 aromatic rings. The Kier molecular flexibility index (Phi) is 5.17. The molecule has 0 fully saturated rings. The molecule has 0 aliphatic rings. The molecule has 0 saturated carbocycles. The van der Waals surface area contributed by atoms with Gasteiger partial charge in [0.1, 0.15) is 12.4 Å². The summed E-state index contributed by atoms with van der Waals surface area (Å²) >= 11 is 0. The fraction of sp³-hybridized carbons (Fsp3) is 0.353. The van der Waals surface area contributed by atoms with Crippen molar-refractivity contribution in [1.82, 2.24) is 10.3 Å². The lowest BCUT2D eigenvalue weighted by molar-refractivity contribution is 0.292. The zero-order chi connectivity index (χ0) is 15.2. The normalized spacial score (nSPS) is 12.0. The summed E-state index contributed by atoms with van der Waals surface area (Å²) in [7, 11) is 3.57. The number of pyridine rings is 1. The van der Waals surface area contributed by atoms with Crippen molar-refractivity contribution in [2.45, 2.75) is 26.5 Å². The van der Waals surface area contributed by atoms with E-state index < -0.39 is 0 Å². The number of hydrogen-bond acceptors (Lipinski definition) is 4. The number of hydrogen-bond donors (Lipinski definition) is 1. The van der Waals surface area contributed by atoms with Crippen LogP contribution in [0.3, 0.4) is 0 Å². The van der Waals surface area contributed by atoms with Crippen LogP contribution in [-0.4, -0.2) is 19.1 Å². The minimum atomic E-state index is 0.330. The SMILES string of the molecule is CNC(C)c1ccc(OCc2cccnc2OC)c(C)c1. The first-order valence-corrected chi connectivity index (χ1v) is 7.04. The highest BCUT2D eigenvalue weighted by Crippen LogP contribution is 2.24. The molecule has 4 nitrogen and oxygen atoms in total. The molecular weight excluding hydrogens is 264 g/mol. The van der Waals surface area contributed by atoms with Gasteiger partial charge in [-0.2, -0.15) is 0 Å². The number of nitrogens with zero attached hydrogens (tertiary/aromatic N) is 1. The molecule has 0 bridgehead atoms. The summed E-state index contributed by atoms with van der Waals surface area (Å²) in [6.45, 7) is 4.64. The second-order valence-electron chi connectivity index (χ2n) is 5.00. The van der Waals surface area contributed by atoms with Gasteiger partial charge < -0.3 is 14.8 Å². The van der Waals surface area contributed by atoms with E-state index in [4.69, 9.17) is 9.47 Å². The standard InChI is InChI=1S/C17H22N2O2/c1-12-10-14(13(2)18-3)7-8-16(12)21-11-15-6-5-9-19-17(15)20-4/h5-10,13,18H,11H2,1-4H3. The van der Waals surface area contributed by atoms with Crippen molar-refractivity contribution < 1.29 is 9.47 Å². The van der Waals surface area contributed by atoms with Crippen LogP contribution in [0.5, 0.6) is 11.6 Å². The predicted molar refractivity (Wildman–Crippen MR) is 83.8 cm³/mol. The van der Waals surface area contributed by atoms with Crippen LogP contribution in [0, 0.1) is 6.92 Å². The van der Waals surface area contributed by atoms with E-state index in [0.29, 0.717) is 18.5 Å². The lowest BCUT2D eigenvalue weighted by Gasteiger charge is -2.15. The molecule has 1 unspecified atom stereocenters. The molecule has 0 spiro atoms. The maximum Gasteiger partial charge on any atom is 0.219 e. The van der Waals surface area contributed by atoms with Crippen molar-refractivity contribution in [3.63, 3.8) is 0 Å². The summed E-state index contributed by atoms with van der Waals surface area (Å²) < 4.78 is 11.1. The van der Waals surface area contributed by atoms with Gasteiger partial charge in [0.2, 0.25) is 5.88 Å². The van der Waals surface area contributed by atoms with Crippen molar-refractivity contribution in [2.75, 3.05) is 14.2 Å². The van der Waals surface area contributed by atoms with Gasteiger partial charge >= 0.3 is 0 Å². The van der Waals surface area contributed by atoms with Crippen LogP contribution in [-0.2, 0) is 6.61 Å². The Hall–Kier alpha value is -2.07. The lowest BCUT2D eigenvalue weighted by atomic mass is 10.1. The van der Waals surface area contributed by atoms with Crippen LogP contribution in [0.15, 0.2) is 36.5 Å². The lowest BCUT2D eigenvalue weighted by Crippen LogP contribution is -2.12. The fourth-order valence-electron chi connectivity index (χ4n) is 2.14. The highest BCUT2D eigenvalue weighted by Gasteiger charge is 2.08. The zero-order valence-electron chi connectivity index (χ0n) is 13.0. The van der Waals surface area contributed by atoms with E-state index in [2.05, 4.69) is 36.3 Å². The molecule has 2 rings (SSSR count). The Morgan fingerprint density at radius 1 is 1.29 bits per heavy atom. The van der Waals surface area contributed by atoms with E-state index in [1.54, 1.807) is 13.3 Å². The molecule has 0 aliphatic heterocycles. The zero-order valence-corrected chi connectivity index (χ0v) is 13.0. The predicted octanol–water partition coefficient (Wildman–Crippen LogP) is 3.26. The third-order valence-corrected chi connectivity index (χ3v) is 3.56. The molecule has 0 radical (unpaired) electrons. The third-order valence-electron chi connectivity index (χ3n) is 3.56. The monoisotopic (exact) mass is 286 g/mol. The summed E-state index contributed by atoms with van der Waals surface area (Å²) in [5, 5.41) is 3.24. The number of rotatable bonds is 6. The largest absolute Gasteiger partial charge is 0.488 e. The smallest absolute Gasteiger partial charge is 0.219 e. The Balaban J connectivity index is 2.10. The van der Waals surface area contributed by atoms with E-state index >= 15 is 0 Å². The molecule has 1 aromatic carbocycles. The third kappa shape index (κ3) is 3.73. The highest BCUT2D eigenvalue weighted by molar-refractivity contribution is 5.37. The number of aryl methyl sites for hydroxylation is 1. The minimum absolute atomic E-state index is 0.330. The fourth-order valence-corrected chi connectivity index (χ4v) is 2.14. The van der Waals surface area contributed by atoms with Crippen LogP contribution in [0.4, 0.5) is 0 Å². The quantitative estimate of drug-likeness (QED) is 0.885. The molecule has 1 aromatic heterocycles. The van der Waals surface area contributed by atoms with Crippen molar-refractivity contribution in [3.8, 4) is 11.6 Å². The number of nitrogens with one attached hydrogen (secondary N) is 1. The van der Waals surface area contributed by atoms with E-state index in [9.17, 15) is 0 Å². The van der Waals surface area contributed by atoms with Crippen LogP contribution in [0.2, 0.25) is 0 Å². The molecule has 4 heteroatoms. The topological polar surface area (TPSA) is 43.4 Å². The van der Waals surface area contributed by atoms with Gasteiger partial charge in [-0.15, -0.1) is 0 Å². The van der Waals surface area contributed by atoms with Gasteiger partial charge in [0.15, 0.2) is 0 Å². The first kappa shape index (κ1) is 15.3. The average Bonchev–Trinajstić information content (AvgIpc) is 2.53. The molecule has 21 heavy (non-hydrogen) atoms. The van der Waals surface area contributed by atoms with Gasteiger partial charge in [-0.05, 0) is 50.2 Å². The van der Waals surface area contributed by atoms with Gasteiger partial charge in [0.05, 0.1) is 12.7 Å². The van der Waals surface area contributed by atoms with Crippen molar-refractivity contribution in [2.24, 2.45) is 0 Å². The summed E-state index contributed by atoms with van der Waals surface area (Å²) in [6.07, 6.45) is 1.71. The van der Waals surface area contributed by atoms with E-state index in [1.807, 2.05) is 25.2 Å². The molecule has 1 heterocycles. The first-order chi connectivity index (χ1) is 10.2. The number of aromatic nitrogens is 1. The molecule has 0 amide bonds. The van der Waals surface area contributed by atoms with Crippen LogP contribution < -0.4 is 14.8 Å². The van der Waals surface area contributed by atoms with Crippen LogP contribution >= 0.6 is 0 Å². The van der Waals surface area contributed by atoms with E-state index in [1.165, 1.54) is 5.56 Å². The Morgan fingerprint density at radius 3 is 2.76 bits per heavy atom. The van der Waals surface area contributed by atoms with Crippen molar-refractivity contribution in [3.05, 3.63) is 53.2 Å². The molecule has 112 valence electrons. The minimum Gasteiger partial charge on any atom is -0.488 e. The summed E-state index contributed by atoms with van der Waals surface area (Å²) in [6, 6.07) is 10.4. The Bertz CT molecular complexity index is 599. The number of ether oxygens (including phenoxy) is 2. The summed E-state index contributed by atoms with van der Waals surface area (Å²) in [4.78, 5) is 4.17. The first-order valence-electron chi connectivity index (χ1n) is 7.04. The molecular formula is C17H22N2O2. The average molecular weight is 286 g/mol.